The van der Waals surface area contributed by atoms with Gasteiger partial charge < -0.3 is 10.0 Å². The first-order valence-electron chi connectivity index (χ1n) is 7.44. The highest BCUT2D eigenvalue weighted by Crippen LogP contribution is 2.28. The van der Waals surface area contributed by atoms with E-state index in [1.807, 2.05) is 6.07 Å². The molecule has 0 saturated heterocycles. The first kappa shape index (κ1) is 17.2. The van der Waals surface area contributed by atoms with E-state index >= 15 is 0 Å². The van der Waals surface area contributed by atoms with Crippen LogP contribution in [-0.4, -0.2) is 35.5 Å². The van der Waals surface area contributed by atoms with E-state index in [2.05, 4.69) is 6.92 Å². The van der Waals surface area contributed by atoms with Gasteiger partial charge in [-0.25, -0.2) is 0 Å². The van der Waals surface area contributed by atoms with E-state index in [1.165, 1.54) is 0 Å². The second-order valence-electron chi connectivity index (χ2n) is 5.70. The van der Waals surface area contributed by atoms with Crippen LogP contribution in [0.1, 0.15) is 45.1 Å². The number of carboxylic acids is 1. The summed E-state index contributed by atoms with van der Waals surface area (Å²) in [7, 11) is 1.74. The van der Waals surface area contributed by atoms with Crippen molar-refractivity contribution in [3.05, 3.63) is 35.9 Å². The molecule has 1 N–H and O–H groups in total. The Hall–Kier alpha value is -1.84. The number of amides is 1. The van der Waals surface area contributed by atoms with Crippen molar-refractivity contribution in [3.63, 3.8) is 0 Å². The zero-order chi connectivity index (χ0) is 15.9. The van der Waals surface area contributed by atoms with Crippen LogP contribution in [0.5, 0.6) is 0 Å². The zero-order valence-corrected chi connectivity index (χ0v) is 13.1. The lowest BCUT2D eigenvalue weighted by atomic mass is 9.79. The topological polar surface area (TPSA) is 57.6 Å². The smallest absolute Gasteiger partial charge is 0.314 e. The quantitative estimate of drug-likeness (QED) is 0.749. The van der Waals surface area contributed by atoms with Crippen molar-refractivity contribution in [3.8, 4) is 0 Å². The predicted molar refractivity (Wildman–Crippen MR) is 83.2 cm³/mol. The van der Waals surface area contributed by atoms with Gasteiger partial charge in [-0.05, 0) is 18.9 Å². The highest BCUT2D eigenvalue weighted by Gasteiger charge is 2.38. The summed E-state index contributed by atoms with van der Waals surface area (Å²) in [5.74, 6) is -1.09. The van der Waals surface area contributed by atoms with Crippen LogP contribution < -0.4 is 0 Å². The Morgan fingerprint density at radius 2 is 1.81 bits per heavy atom. The lowest BCUT2D eigenvalue weighted by Gasteiger charge is -2.27. The molecule has 1 rings (SSSR count). The average molecular weight is 291 g/mol. The fourth-order valence-corrected chi connectivity index (χ4v) is 2.27. The minimum Gasteiger partial charge on any atom is -0.481 e. The fourth-order valence-electron chi connectivity index (χ4n) is 2.27. The molecular formula is C17H25NO3. The van der Waals surface area contributed by atoms with E-state index in [-0.39, 0.29) is 12.3 Å². The summed E-state index contributed by atoms with van der Waals surface area (Å²) in [5.41, 5.74) is -0.523. The maximum Gasteiger partial charge on any atom is 0.314 e. The van der Waals surface area contributed by atoms with Crippen LogP contribution in [0.3, 0.4) is 0 Å². The maximum absolute atomic E-state index is 12.3. The Labute approximate surface area is 126 Å². The van der Waals surface area contributed by atoms with Crippen molar-refractivity contribution in [2.24, 2.45) is 0 Å². The Kier molecular flexibility index (Phi) is 6.40. The van der Waals surface area contributed by atoms with Crippen molar-refractivity contribution in [2.75, 3.05) is 13.6 Å². The molecule has 1 atom stereocenters. The number of unbranched alkanes of at least 4 members (excludes halogenated alkanes) is 2. The Balaban J connectivity index is 2.79. The lowest BCUT2D eigenvalue weighted by Crippen LogP contribution is -2.39. The summed E-state index contributed by atoms with van der Waals surface area (Å²) >= 11 is 0. The SMILES string of the molecule is CCCCCN(C)C(=O)CC(C)(C(=O)O)c1ccccc1. The second-order valence-corrected chi connectivity index (χ2v) is 5.70. The van der Waals surface area contributed by atoms with Gasteiger partial charge in [-0.3, -0.25) is 9.59 Å². The number of aliphatic carboxylic acids is 1. The second kappa shape index (κ2) is 7.81. The first-order chi connectivity index (χ1) is 9.91. The van der Waals surface area contributed by atoms with Gasteiger partial charge in [-0.1, -0.05) is 50.1 Å². The van der Waals surface area contributed by atoms with Crippen molar-refractivity contribution in [1.29, 1.82) is 0 Å². The molecule has 0 aromatic heterocycles. The molecular weight excluding hydrogens is 266 g/mol. The monoisotopic (exact) mass is 291 g/mol. The third kappa shape index (κ3) is 4.59. The van der Waals surface area contributed by atoms with E-state index in [4.69, 9.17) is 0 Å². The van der Waals surface area contributed by atoms with Crippen LogP contribution in [0.2, 0.25) is 0 Å². The number of benzene rings is 1. The van der Waals surface area contributed by atoms with Gasteiger partial charge in [-0.15, -0.1) is 0 Å². The van der Waals surface area contributed by atoms with Gasteiger partial charge in [0, 0.05) is 20.0 Å². The Bertz CT molecular complexity index is 472. The summed E-state index contributed by atoms with van der Waals surface area (Å²) < 4.78 is 0. The third-order valence-electron chi connectivity index (χ3n) is 3.91. The van der Waals surface area contributed by atoms with Gasteiger partial charge >= 0.3 is 5.97 Å². The van der Waals surface area contributed by atoms with Crippen LogP contribution in [0.25, 0.3) is 0 Å². The molecule has 0 aliphatic rings. The normalized spacial score (nSPS) is 13.5. The van der Waals surface area contributed by atoms with Crippen molar-refractivity contribution in [1.82, 2.24) is 4.90 Å². The van der Waals surface area contributed by atoms with Crippen LogP contribution in [-0.2, 0) is 15.0 Å². The summed E-state index contributed by atoms with van der Waals surface area (Å²) in [5, 5.41) is 9.56. The van der Waals surface area contributed by atoms with Gasteiger partial charge in [0.25, 0.3) is 0 Å². The van der Waals surface area contributed by atoms with E-state index in [0.29, 0.717) is 12.1 Å². The predicted octanol–water partition coefficient (Wildman–Crippen LogP) is 3.07. The summed E-state index contributed by atoms with van der Waals surface area (Å²) in [6.45, 7) is 4.40. The average Bonchev–Trinajstić information content (AvgIpc) is 2.47. The number of carbonyl (C=O) groups is 2. The molecule has 21 heavy (non-hydrogen) atoms. The van der Waals surface area contributed by atoms with Gasteiger partial charge in [-0.2, -0.15) is 0 Å². The van der Waals surface area contributed by atoms with Gasteiger partial charge in [0.05, 0.1) is 5.41 Å². The molecule has 0 radical (unpaired) electrons. The summed E-state index contributed by atoms with van der Waals surface area (Å²) in [4.78, 5) is 25.6. The molecule has 1 unspecified atom stereocenters. The van der Waals surface area contributed by atoms with E-state index in [1.54, 1.807) is 43.1 Å². The molecule has 1 aromatic carbocycles. The van der Waals surface area contributed by atoms with E-state index in [0.717, 1.165) is 19.3 Å². The number of rotatable bonds is 8. The Morgan fingerprint density at radius 3 is 2.33 bits per heavy atom. The van der Waals surface area contributed by atoms with E-state index < -0.39 is 11.4 Å². The minimum absolute atomic E-state index is 0.0189. The van der Waals surface area contributed by atoms with E-state index in [9.17, 15) is 14.7 Å². The van der Waals surface area contributed by atoms with Crippen molar-refractivity contribution < 1.29 is 14.7 Å². The Morgan fingerprint density at radius 1 is 1.19 bits per heavy atom. The highest BCUT2D eigenvalue weighted by atomic mass is 16.4. The molecule has 1 amide bonds. The number of carboxylic acid groups (broad SMARTS) is 1. The molecule has 0 bridgehead atoms. The molecule has 0 fully saturated rings. The number of nitrogens with zero attached hydrogens (tertiary/aromatic N) is 1. The van der Waals surface area contributed by atoms with Gasteiger partial charge in [0.1, 0.15) is 0 Å². The maximum atomic E-state index is 12.3. The molecule has 4 heteroatoms. The lowest BCUT2D eigenvalue weighted by molar-refractivity contribution is -0.147. The number of carbonyl (C=O) groups excluding carboxylic acids is 1. The van der Waals surface area contributed by atoms with Crippen LogP contribution in [0.15, 0.2) is 30.3 Å². The summed E-state index contributed by atoms with van der Waals surface area (Å²) in [6, 6.07) is 8.96. The van der Waals surface area contributed by atoms with Crippen LogP contribution in [0.4, 0.5) is 0 Å². The molecule has 0 aliphatic heterocycles. The molecule has 116 valence electrons. The third-order valence-corrected chi connectivity index (χ3v) is 3.91. The van der Waals surface area contributed by atoms with Crippen molar-refractivity contribution in [2.45, 2.75) is 44.9 Å². The number of hydrogen-bond donors (Lipinski definition) is 1. The molecule has 4 nitrogen and oxygen atoms in total. The highest BCUT2D eigenvalue weighted by molar-refractivity contribution is 5.89. The molecule has 1 aromatic rings. The van der Waals surface area contributed by atoms with Crippen LogP contribution in [0, 0.1) is 0 Å². The molecule has 0 spiro atoms. The van der Waals surface area contributed by atoms with Gasteiger partial charge in [0.15, 0.2) is 0 Å². The summed E-state index contributed by atoms with van der Waals surface area (Å²) in [6.07, 6.45) is 3.11. The zero-order valence-electron chi connectivity index (χ0n) is 13.1. The largest absolute Gasteiger partial charge is 0.481 e. The number of hydrogen-bond acceptors (Lipinski definition) is 2. The molecule has 0 saturated carbocycles. The van der Waals surface area contributed by atoms with Crippen molar-refractivity contribution >= 4 is 11.9 Å². The minimum atomic E-state index is -1.18. The molecule has 0 heterocycles. The van der Waals surface area contributed by atoms with Gasteiger partial charge in [0.2, 0.25) is 5.91 Å². The first-order valence-corrected chi connectivity index (χ1v) is 7.44. The molecule has 0 aliphatic carbocycles. The fraction of sp³-hybridized carbons (Fsp3) is 0.529. The standard InChI is InChI=1S/C17H25NO3/c1-4-5-9-12-18(3)15(19)13-17(2,16(20)21)14-10-7-6-8-11-14/h6-8,10-11H,4-5,9,12-13H2,1-3H3,(H,20,21). The van der Waals surface area contributed by atoms with Crippen LogP contribution >= 0.6 is 0 Å².